The van der Waals surface area contributed by atoms with E-state index >= 15 is 0 Å². The Hall–Kier alpha value is -3.24. The molecule has 5 aromatic rings. The molecule has 2 saturated carbocycles. The smallest absolute Gasteiger partial charge is 0.139 e. The van der Waals surface area contributed by atoms with Gasteiger partial charge in [0, 0.05) is 53.6 Å². The van der Waals surface area contributed by atoms with Gasteiger partial charge in [0.25, 0.3) is 0 Å². The maximum Gasteiger partial charge on any atom is 0.139 e. The highest BCUT2D eigenvalue weighted by Gasteiger charge is 2.48. The van der Waals surface area contributed by atoms with Crippen molar-refractivity contribution in [3.8, 4) is 32.4 Å². The third-order valence-corrected chi connectivity index (χ3v) is 16.6. The number of benzene rings is 3. The summed E-state index contributed by atoms with van der Waals surface area (Å²) in [5.74, 6) is 1.99. The first kappa shape index (κ1) is 34.0. The molecule has 11 rings (SSSR count). The highest BCUT2D eigenvalue weighted by Crippen LogP contribution is 2.60. The van der Waals surface area contributed by atoms with Crippen LogP contribution >= 0.6 is 72.0 Å². The van der Waals surface area contributed by atoms with E-state index in [0.717, 1.165) is 115 Å². The van der Waals surface area contributed by atoms with Gasteiger partial charge < -0.3 is 9.47 Å². The van der Waals surface area contributed by atoms with Crippen molar-refractivity contribution < 1.29 is 9.47 Å². The average Bonchev–Trinajstić information content (AvgIpc) is 3.92. The second-order valence-corrected chi connectivity index (χ2v) is 19.5. The summed E-state index contributed by atoms with van der Waals surface area (Å²) < 4.78 is 14.5. The second-order valence-electron chi connectivity index (χ2n) is 15.6. The summed E-state index contributed by atoms with van der Waals surface area (Å²) in [6.07, 6.45) is 15.7. The number of ether oxygens (including phenoxy) is 2. The highest BCUT2D eigenvalue weighted by atomic mass is 32.1. The van der Waals surface area contributed by atoms with Crippen LogP contribution in [-0.2, 0) is 11.2 Å². The first-order valence-corrected chi connectivity index (χ1v) is 22.5. The standard InChI is InChI=1S/C46H36O2S6/c49-39-27-11-3-4-12-28(27)40(50)33(39)19-25-21-37-43(53-25)31-24-36-32(23-35(31)45(47-37)15-7-1-8-16-45)44-38(48-46(36)17-9-2-10-18-46)22-26(54-44)20-34-41(51)29-13-5-6-14-30(29)42(34)52/h3-6,11-14,19-24,39,49H,1-2,7-10,15-18H2/b33-19-. The Labute approximate surface area is 345 Å². The van der Waals surface area contributed by atoms with Gasteiger partial charge in [-0.05, 0) is 104 Å². The second kappa shape index (κ2) is 12.6. The minimum atomic E-state index is -0.351. The Morgan fingerprint density at radius 2 is 1.06 bits per heavy atom. The summed E-state index contributed by atoms with van der Waals surface area (Å²) in [6.45, 7) is 0. The molecule has 0 saturated heterocycles. The van der Waals surface area contributed by atoms with Gasteiger partial charge in [-0.15, -0.1) is 22.7 Å². The molecule has 4 aliphatic carbocycles. The fourth-order valence-electron chi connectivity index (χ4n) is 9.94. The average molecular weight is 813 g/mol. The van der Waals surface area contributed by atoms with E-state index < -0.39 is 0 Å². The van der Waals surface area contributed by atoms with Crippen LogP contribution in [0.2, 0.25) is 0 Å². The minimum Gasteiger partial charge on any atom is -0.481 e. The summed E-state index contributed by atoms with van der Waals surface area (Å²) >= 11 is 26.6. The molecule has 2 nitrogen and oxygen atoms in total. The Bertz CT molecular complexity index is 2510. The lowest BCUT2D eigenvalue weighted by Gasteiger charge is -2.45. The Morgan fingerprint density at radius 3 is 1.57 bits per heavy atom. The molecule has 8 heteroatoms. The van der Waals surface area contributed by atoms with Crippen molar-refractivity contribution in [1.29, 1.82) is 0 Å². The zero-order valence-electron chi connectivity index (χ0n) is 29.5. The van der Waals surface area contributed by atoms with E-state index in [9.17, 15) is 0 Å². The quantitative estimate of drug-likeness (QED) is 0.108. The molecule has 2 aromatic heterocycles. The van der Waals surface area contributed by atoms with E-state index in [4.69, 9.17) is 58.8 Å². The van der Waals surface area contributed by atoms with Gasteiger partial charge in [0.15, 0.2) is 0 Å². The molecule has 0 radical (unpaired) electrons. The third kappa shape index (κ3) is 5.03. The summed E-state index contributed by atoms with van der Waals surface area (Å²) in [7, 11) is 0. The van der Waals surface area contributed by atoms with Crippen molar-refractivity contribution >= 4 is 98.7 Å². The molecule has 2 spiro atoms. The monoisotopic (exact) mass is 812 g/mol. The molecule has 0 bridgehead atoms. The van der Waals surface area contributed by atoms with Gasteiger partial charge in [0.2, 0.25) is 0 Å². The molecule has 3 aromatic carbocycles. The van der Waals surface area contributed by atoms with Crippen LogP contribution in [0.15, 0.2) is 83.9 Å². The van der Waals surface area contributed by atoms with E-state index in [1.165, 1.54) is 50.4 Å². The lowest BCUT2D eigenvalue weighted by atomic mass is 9.71. The van der Waals surface area contributed by atoms with Crippen LogP contribution in [0.4, 0.5) is 0 Å². The lowest BCUT2D eigenvalue weighted by molar-refractivity contribution is 0.0205. The Balaban J connectivity index is 1.06. The van der Waals surface area contributed by atoms with Crippen molar-refractivity contribution in [2.24, 2.45) is 0 Å². The first-order chi connectivity index (χ1) is 26.3. The van der Waals surface area contributed by atoms with Gasteiger partial charge in [-0.1, -0.05) is 98.0 Å². The van der Waals surface area contributed by atoms with Gasteiger partial charge in [-0.3, -0.25) is 0 Å². The topological polar surface area (TPSA) is 18.5 Å². The molecule has 0 N–H and O–H groups in total. The molecular weight excluding hydrogens is 777 g/mol. The molecule has 0 amide bonds. The van der Waals surface area contributed by atoms with E-state index in [1.54, 1.807) is 11.3 Å². The normalized spacial score (nSPS) is 21.9. The van der Waals surface area contributed by atoms with E-state index in [-0.39, 0.29) is 16.5 Å². The minimum absolute atomic E-state index is 0.0308. The van der Waals surface area contributed by atoms with Crippen LogP contribution in [0, 0.1) is 0 Å². The van der Waals surface area contributed by atoms with Crippen LogP contribution in [-0.4, -0.2) is 14.6 Å². The van der Waals surface area contributed by atoms with Crippen molar-refractivity contribution in [1.82, 2.24) is 0 Å². The van der Waals surface area contributed by atoms with Crippen LogP contribution < -0.4 is 9.47 Å². The maximum absolute atomic E-state index is 7.27. The Morgan fingerprint density at radius 1 is 0.574 bits per heavy atom. The first-order valence-electron chi connectivity index (χ1n) is 19.1. The van der Waals surface area contributed by atoms with Gasteiger partial charge in [-0.2, -0.15) is 12.6 Å². The highest BCUT2D eigenvalue weighted by molar-refractivity contribution is 7.84. The maximum atomic E-state index is 7.27. The third-order valence-electron chi connectivity index (χ3n) is 12.5. The number of thiol groups is 1. The van der Waals surface area contributed by atoms with Gasteiger partial charge in [0.1, 0.15) is 22.7 Å². The molecule has 6 aliphatic rings. The van der Waals surface area contributed by atoms with Crippen molar-refractivity contribution in [2.45, 2.75) is 80.7 Å². The van der Waals surface area contributed by atoms with E-state index in [2.05, 4.69) is 72.8 Å². The number of allylic oxidation sites excluding steroid dienone is 1. The van der Waals surface area contributed by atoms with Crippen LogP contribution in [0.25, 0.3) is 33.0 Å². The molecule has 1 unspecified atom stereocenters. The molecule has 2 aliphatic heterocycles. The summed E-state index contributed by atoms with van der Waals surface area (Å²) in [6, 6.07) is 26.2. The summed E-state index contributed by atoms with van der Waals surface area (Å²) in [5.41, 5.74) is 11.1. The SMILES string of the molecule is S=C1C(=Cc2cc3c(s2)-c2cc4c(cc2C2(CCCCC2)O3)-c2sc(/C=C3\C(=S)c5ccccc5C3S)cc2OC42CCCCC2)C(=S)c2ccccc21. The number of hydrogen-bond acceptors (Lipinski definition) is 8. The van der Waals surface area contributed by atoms with E-state index in [0.29, 0.717) is 0 Å². The number of thiocarbonyl (C=S) groups is 3. The largest absolute Gasteiger partial charge is 0.481 e. The van der Waals surface area contributed by atoms with Crippen molar-refractivity contribution in [3.05, 3.63) is 127 Å². The van der Waals surface area contributed by atoms with Crippen molar-refractivity contribution in [2.75, 3.05) is 0 Å². The Kier molecular flexibility index (Phi) is 7.97. The van der Waals surface area contributed by atoms with E-state index in [1.807, 2.05) is 23.5 Å². The zero-order chi connectivity index (χ0) is 36.3. The summed E-state index contributed by atoms with van der Waals surface area (Å²) in [4.78, 5) is 7.27. The predicted molar refractivity (Wildman–Crippen MR) is 240 cm³/mol. The van der Waals surface area contributed by atoms with Gasteiger partial charge in [-0.25, -0.2) is 0 Å². The van der Waals surface area contributed by atoms with Crippen LogP contribution in [0.1, 0.15) is 113 Å². The molecule has 2 fully saturated rings. The van der Waals surface area contributed by atoms with Gasteiger partial charge >= 0.3 is 0 Å². The number of rotatable bonds is 2. The van der Waals surface area contributed by atoms with Gasteiger partial charge in [0.05, 0.1) is 24.7 Å². The number of fused-ring (bicyclic) bond motifs is 10. The molecule has 268 valence electrons. The molecular formula is C46H36O2S6. The molecule has 54 heavy (non-hydrogen) atoms. The van der Waals surface area contributed by atoms with Crippen molar-refractivity contribution in [3.63, 3.8) is 0 Å². The summed E-state index contributed by atoms with van der Waals surface area (Å²) in [5, 5.41) is -0.0308. The molecule has 4 heterocycles. The van der Waals surface area contributed by atoms with Crippen LogP contribution in [0.3, 0.4) is 0 Å². The predicted octanol–water partition coefficient (Wildman–Crippen LogP) is 13.6. The lowest BCUT2D eigenvalue weighted by Crippen LogP contribution is -2.40. The fourth-order valence-corrected chi connectivity index (χ4v) is 13.7. The zero-order valence-corrected chi connectivity index (χ0v) is 34.5. The fraction of sp³-hybridized carbons (Fsp3) is 0.283. The number of hydrogen-bond donors (Lipinski definition) is 1. The van der Waals surface area contributed by atoms with Crippen LogP contribution in [0.5, 0.6) is 11.5 Å². The molecule has 1 atom stereocenters. The number of thiophene rings is 2.